The van der Waals surface area contributed by atoms with Gasteiger partial charge >= 0.3 is 5.97 Å². The first-order valence-corrected chi connectivity index (χ1v) is 6.35. The number of aromatic nitrogens is 1. The lowest BCUT2D eigenvalue weighted by Crippen LogP contribution is -2.09. The van der Waals surface area contributed by atoms with Crippen LogP contribution in [0.15, 0.2) is 36.5 Å². The number of ether oxygens (including phenoxy) is 1. The highest BCUT2D eigenvalue weighted by Crippen LogP contribution is 2.21. The Bertz CT molecular complexity index is 679. The summed E-state index contributed by atoms with van der Waals surface area (Å²) in [4.78, 5) is 15.6. The quantitative estimate of drug-likeness (QED) is 0.493. The van der Waals surface area contributed by atoms with Gasteiger partial charge in [-0.3, -0.25) is 0 Å². The van der Waals surface area contributed by atoms with Crippen LogP contribution in [0, 0.1) is 11.3 Å². The number of benzene rings is 1. The molecule has 0 atom stereocenters. The average Bonchev–Trinajstić information content (AvgIpc) is 2.44. The van der Waals surface area contributed by atoms with E-state index in [0.717, 1.165) is 5.56 Å². The zero-order chi connectivity index (χ0) is 14.5. The van der Waals surface area contributed by atoms with E-state index in [1.807, 2.05) is 6.07 Å². The number of pyridine rings is 1. The molecule has 0 aliphatic rings. The fraction of sp³-hybridized carbons (Fsp3) is 0.0714. The predicted octanol–water partition coefficient (Wildman–Crippen LogP) is 3.67. The molecule has 2 rings (SSSR count). The van der Waals surface area contributed by atoms with E-state index in [9.17, 15) is 4.79 Å². The van der Waals surface area contributed by atoms with Crippen LogP contribution in [-0.2, 0) is 6.42 Å². The second-order valence-corrected chi connectivity index (χ2v) is 4.63. The van der Waals surface area contributed by atoms with Crippen molar-refractivity contribution in [2.24, 2.45) is 0 Å². The van der Waals surface area contributed by atoms with Gasteiger partial charge in [-0.05, 0) is 23.8 Å². The van der Waals surface area contributed by atoms with Crippen LogP contribution in [0.2, 0.25) is 10.2 Å². The number of nitriles is 1. The van der Waals surface area contributed by atoms with Crippen LogP contribution in [0.25, 0.3) is 0 Å². The summed E-state index contributed by atoms with van der Waals surface area (Å²) in [7, 11) is 0. The third-order valence-electron chi connectivity index (χ3n) is 2.45. The maximum absolute atomic E-state index is 11.9. The molecule has 0 radical (unpaired) electrons. The summed E-state index contributed by atoms with van der Waals surface area (Å²) in [6.45, 7) is 0. The molecule has 2 aromatic rings. The van der Waals surface area contributed by atoms with Crippen LogP contribution in [0.5, 0.6) is 5.75 Å². The molecule has 0 aliphatic carbocycles. The largest absolute Gasteiger partial charge is 0.423 e. The number of hydrogen-bond acceptors (Lipinski definition) is 4. The number of hydrogen-bond donors (Lipinski definition) is 0. The topological polar surface area (TPSA) is 63.0 Å². The molecule has 0 saturated heterocycles. The first kappa shape index (κ1) is 14.3. The molecule has 0 saturated carbocycles. The van der Waals surface area contributed by atoms with Crippen LogP contribution < -0.4 is 4.74 Å². The molecule has 1 heterocycles. The number of nitrogens with zero attached hydrogens (tertiary/aromatic N) is 2. The summed E-state index contributed by atoms with van der Waals surface area (Å²) < 4.78 is 5.16. The Labute approximate surface area is 125 Å². The smallest absolute Gasteiger partial charge is 0.345 e. The normalized spacial score (nSPS) is 9.85. The Morgan fingerprint density at radius 1 is 1.30 bits per heavy atom. The average molecular weight is 307 g/mol. The van der Waals surface area contributed by atoms with Crippen molar-refractivity contribution in [3.05, 3.63) is 57.8 Å². The number of carbonyl (C=O) groups excluding carboxylic acids is 1. The molecule has 0 fully saturated rings. The fourth-order valence-electron chi connectivity index (χ4n) is 1.47. The van der Waals surface area contributed by atoms with Gasteiger partial charge in [0.1, 0.15) is 10.9 Å². The number of rotatable bonds is 3. The molecule has 0 amide bonds. The van der Waals surface area contributed by atoms with E-state index in [0.29, 0.717) is 12.2 Å². The minimum Gasteiger partial charge on any atom is -0.423 e. The van der Waals surface area contributed by atoms with Crippen molar-refractivity contribution in [1.82, 2.24) is 4.98 Å². The van der Waals surface area contributed by atoms with Gasteiger partial charge in [-0.25, -0.2) is 9.78 Å². The van der Waals surface area contributed by atoms with E-state index in [2.05, 4.69) is 4.98 Å². The van der Waals surface area contributed by atoms with E-state index in [-0.39, 0.29) is 15.7 Å². The third kappa shape index (κ3) is 3.47. The molecule has 0 spiro atoms. The Morgan fingerprint density at radius 2 is 2.00 bits per heavy atom. The lowest BCUT2D eigenvalue weighted by atomic mass is 10.2. The lowest BCUT2D eigenvalue weighted by Gasteiger charge is -2.05. The van der Waals surface area contributed by atoms with E-state index in [1.54, 1.807) is 24.3 Å². The van der Waals surface area contributed by atoms with Crippen LogP contribution in [0.4, 0.5) is 0 Å². The molecule has 0 aliphatic heterocycles. The molecule has 4 nitrogen and oxygen atoms in total. The van der Waals surface area contributed by atoms with Gasteiger partial charge in [-0.2, -0.15) is 5.26 Å². The number of halogens is 2. The highest BCUT2D eigenvalue weighted by Gasteiger charge is 2.11. The van der Waals surface area contributed by atoms with Gasteiger partial charge < -0.3 is 4.74 Å². The van der Waals surface area contributed by atoms with Crippen molar-refractivity contribution in [2.45, 2.75) is 6.42 Å². The van der Waals surface area contributed by atoms with Crippen molar-refractivity contribution in [3.8, 4) is 11.8 Å². The first-order chi connectivity index (χ1) is 9.60. The molecule has 0 N–H and O–H groups in total. The predicted molar refractivity (Wildman–Crippen MR) is 75.0 cm³/mol. The van der Waals surface area contributed by atoms with Crippen molar-refractivity contribution in [3.63, 3.8) is 0 Å². The van der Waals surface area contributed by atoms with Crippen molar-refractivity contribution in [2.75, 3.05) is 0 Å². The molecule has 1 aromatic carbocycles. The standard InChI is InChI=1S/C14H8Cl2N2O2/c15-12-7-10(8-18-13(12)16)14(19)20-11-3-1-9(2-4-11)5-6-17/h1-4,7-8H,5H2. The third-order valence-corrected chi connectivity index (χ3v) is 3.14. The molecular formula is C14H8Cl2N2O2. The Kier molecular flexibility index (Phi) is 4.57. The molecule has 20 heavy (non-hydrogen) atoms. The van der Waals surface area contributed by atoms with Crippen LogP contribution >= 0.6 is 23.2 Å². The SMILES string of the molecule is N#CCc1ccc(OC(=O)c2cnc(Cl)c(Cl)c2)cc1. The van der Waals surface area contributed by atoms with Crippen LogP contribution in [-0.4, -0.2) is 11.0 Å². The summed E-state index contributed by atoms with van der Waals surface area (Å²) in [6.07, 6.45) is 1.60. The molecule has 0 unspecified atom stereocenters. The second-order valence-electron chi connectivity index (χ2n) is 3.86. The molecule has 0 bridgehead atoms. The van der Waals surface area contributed by atoms with Gasteiger partial charge in [0, 0.05) is 6.20 Å². The van der Waals surface area contributed by atoms with E-state index in [4.69, 9.17) is 33.2 Å². The Balaban J connectivity index is 2.11. The number of carbonyl (C=O) groups is 1. The van der Waals surface area contributed by atoms with Gasteiger partial charge in [-0.15, -0.1) is 0 Å². The van der Waals surface area contributed by atoms with Gasteiger partial charge in [0.15, 0.2) is 0 Å². The zero-order valence-corrected chi connectivity index (χ0v) is 11.6. The summed E-state index contributed by atoms with van der Waals surface area (Å²) in [6, 6.07) is 10.1. The van der Waals surface area contributed by atoms with Crippen molar-refractivity contribution in [1.29, 1.82) is 5.26 Å². The second kappa shape index (κ2) is 6.38. The minimum absolute atomic E-state index is 0.129. The van der Waals surface area contributed by atoms with Crippen LogP contribution in [0.1, 0.15) is 15.9 Å². The first-order valence-electron chi connectivity index (χ1n) is 5.59. The number of esters is 1. The maximum Gasteiger partial charge on any atom is 0.345 e. The van der Waals surface area contributed by atoms with Gasteiger partial charge in [0.2, 0.25) is 0 Å². The van der Waals surface area contributed by atoms with Gasteiger partial charge in [0.05, 0.1) is 23.1 Å². The molecule has 100 valence electrons. The minimum atomic E-state index is -0.580. The maximum atomic E-state index is 11.9. The van der Waals surface area contributed by atoms with Gasteiger partial charge in [0.25, 0.3) is 0 Å². The highest BCUT2D eigenvalue weighted by atomic mass is 35.5. The molecular weight excluding hydrogens is 299 g/mol. The van der Waals surface area contributed by atoms with Crippen molar-refractivity contribution >= 4 is 29.2 Å². The monoisotopic (exact) mass is 306 g/mol. The molecule has 1 aromatic heterocycles. The zero-order valence-electron chi connectivity index (χ0n) is 10.1. The van der Waals surface area contributed by atoms with Crippen LogP contribution in [0.3, 0.4) is 0 Å². The van der Waals surface area contributed by atoms with E-state index in [1.165, 1.54) is 12.3 Å². The van der Waals surface area contributed by atoms with E-state index < -0.39 is 5.97 Å². The summed E-state index contributed by atoms with van der Waals surface area (Å²) in [5.41, 5.74) is 1.06. The van der Waals surface area contributed by atoms with Gasteiger partial charge in [-0.1, -0.05) is 35.3 Å². The highest BCUT2D eigenvalue weighted by molar-refractivity contribution is 6.41. The Morgan fingerprint density at radius 3 is 2.60 bits per heavy atom. The molecule has 6 heteroatoms. The Hall–Kier alpha value is -2.09. The summed E-state index contributed by atoms with van der Waals surface area (Å²) in [5, 5.41) is 8.88. The van der Waals surface area contributed by atoms with Crippen molar-refractivity contribution < 1.29 is 9.53 Å². The fourth-order valence-corrected chi connectivity index (χ4v) is 1.74. The summed E-state index contributed by atoms with van der Waals surface area (Å²) >= 11 is 11.5. The summed E-state index contributed by atoms with van der Waals surface area (Å²) in [5.74, 6) is -0.202. The van der Waals surface area contributed by atoms with E-state index >= 15 is 0 Å². The lowest BCUT2D eigenvalue weighted by molar-refractivity contribution is 0.0734.